The molecule has 33 heavy (non-hydrogen) atoms. The Hall–Kier alpha value is -3.36. The lowest BCUT2D eigenvalue weighted by atomic mass is 10.0. The quantitative estimate of drug-likeness (QED) is 0.569. The van der Waals surface area contributed by atoms with Crippen LogP contribution in [-0.4, -0.2) is 76.2 Å². The van der Waals surface area contributed by atoms with Crippen LogP contribution in [0.4, 0.5) is 10.6 Å². The van der Waals surface area contributed by atoms with Crippen molar-refractivity contribution in [2.24, 2.45) is 0 Å². The van der Waals surface area contributed by atoms with E-state index < -0.39 is 11.9 Å². The van der Waals surface area contributed by atoms with Gasteiger partial charge in [-0.15, -0.1) is 0 Å². The Bertz CT molecular complexity index is 999. The van der Waals surface area contributed by atoms with E-state index in [9.17, 15) is 14.7 Å². The van der Waals surface area contributed by atoms with Gasteiger partial charge < -0.3 is 25.0 Å². The highest BCUT2D eigenvalue weighted by Crippen LogP contribution is 2.24. The minimum atomic E-state index is -0.983. The van der Waals surface area contributed by atoms with Crippen molar-refractivity contribution >= 4 is 17.8 Å². The number of aryl methyl sites for hydroxylation is 2. The van der Waals surface area contributed by atoms with Gasteiger partial charge in [0.25, 0.3) is 0 Å². The molecule has 0 aliphatic carbocycles. The van der Waals surface area contributed by atoms with Crippen LogP contribution < -0.4 is 10.1 Å². The molecule has 1 atom stereocenters. The topological polar surface area (TPSA) is 108 Å². The normalized spacial score (nSPS) is 16.3. The Morgan fingerprint density at radius 3 is 2.94 bits per heavy atom. The second-order valence-electron chi connectivity index (χ2n) is 8.44. The molecule has 0 saturated carbocycles. The molecule has 176 valence electrons. The maximum absolute atomic E-state index is 12.9. The number of anilines is 1. The summed E-state index contributed by atoms with van der Waals surface area (Å²) in [5.74, 6) is -0.316. The van der Waals surface area contributed by atoms with Gasteiger partial charge >= 0.3 is 12.0 Å². The largest absolute Gasteiger partial charge is 0.492 e. The average Bonchev–Trinajstić information content (AvgIpc) is 3.16. The summed E-state index contributed by atoms with van der Waals surface area (Å²) < 4.78 is 5.44. The summed E-state index contributed by atoms with van der Waals surface area (Å²) in [5.41, 5.74) is 2.83. The van der Waals surface area contributed by atoms with Gasteiger partial charge in [0.1, 0.15) is 17.5 Å². The third kappa shape index (κ3) is 5.53. The van der Waals surface area contributed by atoms with Crippen LogP contribution in [0.5, 0.6) is 5.75 Å². The fourth-order valence-electron chi connectivity index (χ4n) is 4.39. The fourth-order valence-corrected chi connectivity index (χ4v) is 4.39. The second-order valence-corrected chi connectivity index (χ2v) is 8.44. The molecule has 0 spiro atoms. The van der Waals surface area contributed by atoms with E-state index in [-0.39, 0.29) is 12.6 Å². The van der Waals surface area contributed by atoms with Crippen molar-refractivity contribution in [3.8, 4) is 5.75 Å². The van der Waals surface area contributed by atoms with Crippen LogP contribution in [0, 0.1) is 0 Å². The number of hydrogen-bond donors (Lipinski definition) is 2. The molecular formula is C24H31N5O4. The lowest BCUT2D eigenvalue weighted by molar-refractivity contribution is -0.139. The molecule has 2 aliphatic rings. The molecule has 2 aromatic heterocycles. The molecule has 1 fully saturated rings. The van der Waals surface area contributed by atoms with Crippen LogP contribution in [0.2, 0.25) is 0 Å². The summed E-state index contributed by atoms with van der Waals surface area (Å²) in [6.07, 6.45) is 6.90. The van der Waals surface area contributed by atoms with E-state index in [2.05, 4.69) is 22.4 Å². The number of urea groups is 1. The second kappa shape index (κ2) is 10.5. The minimum absolute atomic E-state index is 0.111. The molecule has 0 aromatic carbocycles. The van der Waals surface area contributed by atoms with Crippen molar-refractivity contribution in [2.75, 3.05) is 44.6 Å². The number of hydrogen-bond acceptors (Lipinski definition) is 6. The number of ether oxygens (including phenoxy) is 1. The van der Waals surface area contributed by atoms with Crippen molar-refractivity contribution in [3.05, 3.63) is 47.4 Å². The van der Waals surface area contributed by atoms with E-state index in [1.54, 1.807) is 22.1 Å². The molecule has 4 rings (SSSR count). The fraction of sp³-hybridized carbons (Fsp3) is 0.500. The SMILES string of the molecule is CCOc1cncc([C@H](CN2CCN(CCCc3ccc4c(n3)NCCC4)C2=O)C(=O)O)c1. The van der Waals surface area contributed by atoms with Crippen molar-refractivity contribution in [2.45, 2.75) is 38.5 Å². The van der Waals surface area contributed by atoms with Gasteiger partial charge in [-0.05, 0) is 55.9 Å². The van der Waals surface area contributed by atoms with Gasteiger partial charge in [-0.25, -0.2) is 9.78 Å². The van der Waals surface area contributed by atoms with E-state index in [4.69, 9.17) is 9.72 Å². The highest BCUT2D eigenvalue weighted by atomic mass is 16.5. The number of fused-ring (bicyclic) bond motifs is 1. The summed E-state index contributed by atoms with van der Waals surface area (Å²) >= 11 is 0. The molecule has 2 aromatic rings. The lowest BCUT2D eigenvalue weighted by Gasteiger charge is -2.22. The number of aliphatic carboxylic acids is 1. The van der Waals surface area contributed by atoms with E-state index in [0.29, 0.717) is 37.6 Å². The molecule has 0 bridgehead atoms. The summed E-state index contributed by atoms with van der Waals surface area (Å²) in [6.45, 7) is 5.15. The van der Waals surface area contributed by atoms with Crippen LogP contribution in [0.3, 0.4) is 0 Å². The Morgan fingerprint density at radius 2 is 2.12 bits per heavy atom. The monoisotopic (exact) mass is 453 g/mol. The number of aromatic nitrogens is 2. The first-order chi connectivity index (χ1) is 16.0. The summed E-state index contributed by atoms with van der Waals surface area (Å²) in [4.78, 5) is 37.1. The number of rotatable bonds is 10. The molecule has 2 amide bonds. The van der Waals surface area contributed by atoms with Crippen molar-refractivity contribution in [3.63, 3.8) is 0 Å². The summed E-state index contributed by atoms with van der Waals surface area (Å²) in [6, 6.07) is 5.80. The van der Waals surface area contributed by atoms with Gasteiger partial charge in [-0.3, -0.25) is 9.78 Å². The molecule has 0 radical (unpaired) electrons. The Labute approximate surface area is 193 Å². The molecule has 2 aliphatic heterocycles. The molecule has 9 nitrogen and oxygen atoms in total. The van der Waals surface area contributed by atoms with Gasteiger partial charge in [0, 0.05) is 44.6 Å². The maximum Gasteiger partial charge on any atom is 0.320 e. The van der Waals surface area contributed by atoms with Crippen molar-refractivity contribution in [1.82, 2.24) is 19.8 Å². The lowest BCUT2D eigenvalue weighted by Crippen LogP contribution is -2.36. The number of carbonyl (C=O) groups excluding carboxylic acids is 1. The van der Waals surface area contributed by atoms with Crippen LogP contribution in [0.25, 0.3) is 0 Å². The van der Waals surface area contributed by atoms with Crippen LogP contribution in [0.1, 0.15) is 42.5 Å². The number of carbonyl (C=O) groups is 2. The minimum Gasteiger partial charge on any atom is -0.492 e. The maximum atomic E-state index is 12.9. The smallest absolute Gasteiger partial charge is 0.320 e. The Balaban J connectivity index is 1.31. The predicted octanol–water partition coefficient (Wildman–Crippen LogP) is 2.77. The van der Waals surface area contributed by atoms with Gasteiger partial charge in [-0.1, -0.05) is 6.07 Å². The molecule has 1 saturated heterocycles. The standard InChI is InChI=1S/C24H31N5O4/c1-2-33-20-13-18(14-25-15-20)21(23(30)31)16-29-12-11-28(24(29)32)10-4-6-19-8-7-17-5-3-9-26-22(17)27-19/h7-8,13-15,21H,2-6,9-12,16H2,1H3,(H,26,27)(H,30,31)/t21-/m0/s1. The van der Waals surface area contributed by atoms with Crippen molar-refractivity contribution < 1.29 is 19.4 Å². The van der Waals surface area contributed by atoms with Gasteiger partial charge in [0.05, 0.1) is 12.8 Å². The number of nitrogens with one attached hydrogen (secondary N) is 1. The van der Waals surface area contributed by atoms with Gasteiger partial charge in [0.2, 0.25) is 0 Å². The highest BCUT2D eigenvalue weighted by molar-refractivity contribution is 5.80. The third-order valence-electron chi connectivity index (χ3n) is 6.14. The number of nitrogens with zero attached hydrogens (tertiary/aromatic N) is 4. The molecule has 9 heteroatoms. The summed E-state index contributed by atoms with van der Waals surface area (Å²) in [7, 11) is 0. The number of carboxylic acids is 1. The zero-order valence-corrected chi connectivity index (χ0v) is 19.0. The number of amides is 2. The average molecular weight is 454 g/mol. The number of pyridine rings is 2. The Morgan fingerprint density at radius 1 is 1.27 bits per heavy atom. The van der Waals surface area contributed by atoms with E-state index in [0.717, 1.165) is 43.7 Å². The van der Waals surface area contributed by atoms with Gasteiger partial charge in [-0.2, -0.15) is 0 Å². The molecular weight excluding hydrogens is 422 g/mol. The first-order valence-electron chi connectivity index (χ1n) is 11.6. The molecule has 0 unspecified atom stereocenters. The molecule has 2 N–H and O–H groups in total. The molecule has 4 heterocycles. The van der Waals surface area contributed by atoms with E-state index in [1.807, 2.05) is 6.92 Å². The first kappa shape index (κ1) is 22.8. The van der Waals surface area contributed by atoms with Crippen LogP contribution in [0.15, 0.2) is 30.6 Å². The third-order valence-corrected chi connectivity index (χ3v) is 6.14. The Kier molecular flexibility index (Phi) is 7.26. The van der Waals surface area contributed by atoms with E-state index in [1.165, 1.54) is 11.8 Å². The van der Waals surface area contributed by atoms with E-state index >= 15 is 0 Å². The predicted molar refractivity (Wildman–Crippen MR) is 124 cm³/mol. The van der Waals surface area contributed by atoms with Crippen LogP contribution >= 0.6 is 0 Å². The van der Waals surface area contributed by atoms with Crippen molar-refractivity contribution in [1.29, 1.82) is 0 Å². The summed E-state index contributed by atoms with van der Waals surface area (Å²) in [5, 5.41) is 13.1. The zero-order valence-electron chi connectivity index (χ0n) is 19.0. The number of carboxylic acid groups (broad SMARTS) is 1. The zero-order chi connectivity index (χ0) is 23.2. The highest BCUT2D eigenvalue weighted by Gasteiger charge is 2.33. The van der Waals surface area contributed by atoms with Gasteiger partial charge in [0.15, 0.2) is 0 Å². The van der Waals surface area contributed by atoms with Crippen LogP contribution in [-0.2, 0) is 17.6 Å². The first-order valence-corrected chi connectivity index (χ1v) is 11.6.